The summed E-state index contributed by atoms with van der Waals surface area (Å²) in [5, 5.41) is 4.29. The van der Waals surface area contributed by atoms with Gasteiger partial charge in [-0.1, -0.05) is 24.4 Å². The van der Waals surface area contributed by atoms with Gasteiger partial charge in [0.05, 0.1) is 25.8 Å². The van der Waals surface area contributed by atoms with E-state index in [1.165, 1.54) is 32.8 Å². The molecule has 0 amide bonds. The molecule has 1 fully saturated rings. The highest BCUT2D eigenvalue weighted by Crippen LogP contribution is 2.39. The molecule has 0 spiro atoms. The zero-order chi connectivity index (χ0) is 30.6. The first-order valence-corrected chi connectivity index (χ1v) is 15.7. The second kappa shape index (κ2) is 13.2. The Labute approximate surface area is 255 Å². The van der Waals surface area contributed by atoms with Crippen LogP contribution in [0.1, 0.15) is 49.3 Å². The molecule has 2 heterocycles. The van der Waals surface area contributed by atoms with Crippen molar-refractivity contribution in [3.63, 3.8) is 0 Å². The van der Waals surface area contributed by atoms with Crippen LogP contribution < -0.4 is 18.5 Å². The summed E-state index contributed by atoms with van der Waals surface area (Å²) < 4.78 is 63.8. The predicted molar refractivity (Wildman–Crippen MR) is 160 cm³/mol. The summed E-state index contributed by atoms with van der Waals surface area (Å²) in [6.07, 6.45) is 8.77. The maximum atomic E-state index is 15.8. The van der Waals surface area contributed by atoms with Crippen molar-refractivity contribution in [2.24, 2.45) is 7.05 Å². The van der Waals surface area contributed by atoms with E-state index in [0.717, 1.165) is 54.2 Å². The molecule has 13 heteroatoms. The third kappa shape index (κ3) is 6.54. The number of hydrogen-bond donors (Lipinski definition) is 0. The number of aryl methyl sites for hydroxylation is 1. The van der Waals surface area contributed by atoms with Gasteiger partial charge in [0.25, 0.3) is 10.0 Å². The third-order valence-electron chi connectivity index (χ3n) is 7.65. The summed E-state index contributed by atoms with van der Waals surface area (Å²) in [4.78, 5) is 7.41. The Hall–Kier alpha value is -3.90. The smallest absolute Gasteiger partial charge is 0.268 e. The average molecular weight is 630 g/mol. The normalized spacial score (nSPS) is 17.2. The van der Waals surface area contributed by atoms with E-state index < -0.39 is 20.7 Å². The largest absolute Gasteiger partial charge is 0.497 e. The van der Waals surface area contributed by atoms with Gasteiger partial charge in [0.2, 0.25) is 0 Å². The van der Waals surface area contributed by atoms with E-state index in [9.17, 15) is 8.42 Å². The number of methoxy groups -OCH3 is 2. The molecule has 0 unspecified atom stereocenters. The summed E-state index contributed by atoms with van der Waals surface area (Å²) in [6.45, 7) is -0.212. The topological polar surface area (TPSA) is 109 Å². The fourth-order valence-corrected chi connectivity index (χ4v) is 7.18. The lowest BCUT2D eigenvalue weighted by molar-refractivity contribution is 0.157. The van der Waals surface area contributed by atoms with Gasteiger partial charge in [-0.05, 0) is 43.5 Å². The van der Waals surface area contributed by atoms with E-state index in [4.69, 9.17) is 25.8 Å². The van der Waals surface area contributed by atoms with Gasteiger partial charge in [-0.3, -0.25) is 4.68 Å². The number of ether oxygens (including phenoxy) is 3. The van der Waals surface area contributed by atoms with E-state index in [1.807, 2.05) is 17.8 Å². The van der Waals surface area contributed by atoms with Gasteiger partial charge in [-0.25, -0.2) is 27.1 Å². The van der Waals surface area contributed by atoms with E-state index in [2.05, 4.69) is 15.1 Å². The Morgan fingerprint density at radius 1 is 1.02 bits per heavy atom. The number of rotatable bonds is 10. The highest BCUT2D eigenvalue weighted by molar-refractivity contribution is 7.92. The number of nitrogens with zero attached hydrogens (tertiary/aromatic N) is 5. The standard InChI is InChI=1S/C30H33ClFN5O5S/c1-36-25(11-14-35-36)22-7-5-4-6-8-26(22)42-28-17-24(32)29(16-23(28)31)43(38,39)37(30-12-13-33-19-34-30)18-20-9-10-21(40-2)15-27(20)41-3/h9-17,19,22,26H,4-8,18H2,1-3H3/t22-,26+/m1/s1. The fourth-order valence-electron chi connectivity index (χ4n) is 5.44. The molecule has 10 nitrogen and oxygen atoms in total. The van der Waals surface area contributed by atoms with Crippen molar-refractivity contribution in [3.05, 3.63) is 83.3 Å². The van der Waals surface area contributed by atoms with Crippen LogP contribution in [0.5, 0.6) is 17.2 Å². The molecule has 0 saturated heterocycles. The Balaban J connectivity index is 1.49. The Morgan fingerprint density at radius 3 is 2.53 bits per heavy atom. The summed E-state index contributed by atoms with van der Waals surface area (Å²) in [5.41, 5.74) is 1.53. The molecular formula is C30H33ClFN5O5S. The van der Waals surface area contributed by atoms with Crippen LogP contribution in [0.3, 0.4) is 0 Å². The van der Waals surface area contributed by atoms with Crippen molar-refractivity contribution in [3.8, 4) is 17.2 Å². The monoisotopic (exact) mass is 629 g/mol. The first-order chi connectivity index (χ1) is 20.7. The Morgan fingerprint density at radius 2 is 1.84 bits per heavy atom. The zero-order valence-electron chi connectivity index (χ0n) is 24.1. The second-order valence-electron chi connectivity index (χ2n) is 10.3. The second-order valence-corrected chi connectivity index (χ2v) is 12.5. The summed E-state index contributed by atoms with van der Waals surface area (Å²) in [5.74, 6) is 0.0897. The third-order valence-corrected chi connectivity index (χ3v) is 9.71. The summed E-state index contributed by atoms with van der Waals surface area (Å²) in [6, 6.07) is 10.5. The molecule has 0 N–H and O–H groups in total. The van der Waals surface area contributed by atoms with Crippen molar-refractivity contribution >= 4 is 27.4 Å². The number of benzene rings is 2. The van der Waals surface area contributed by atoms with Crippen molar-refractivity contribution in [1.82, 2.24) is 19.7 Å². The molecule has 43 heavy (non-hydrogen) atoms. The average Bonchev–Trinajstić information content (AvgIpc) is 3.30. The van der Waals surface area contributed by atoms with Crippen LogP contribution in [0.25, 0.3) is 0 Å². The van der Waals surface area contributed by atoms with Gasteiger partial charge >= 0.3 is 0 Å². The van der Waals surface area contributed by atoms with Gasteiger partial charge < -0.3 is 14.2 Å². The number of halogens is 2. The minimum atomic E-state index is -4.52. The first-order valence-electron chi connectivity index (χ1n) is 13.9. The fraction of sp³-hybridized carbons (Fsp3) is 0.367. The van der Waals surface area contributed by atoms with Gasteiger partial charge in [-0.15, -0.1) is 0 Å². The van der Waals surface area contributed by atoms with Gasteiger partial charge in [0.15, 0.2) is 0 Å². The van der Waals surface area contributed by atoms with Gasteiger partial charge in [-0.2, -0.15) is 5.10 Å². The quantitative estimate of drug-likeness (QED) is 0.199. The van der Waals surface area contributed by atoms with Crippen molar-refractivity contribution in [2.75, 3.05) is 18.5 Å². The SMILES string of the molecule is COc1ccc(CN(c2ccncn2)S(=O)(=O)c2cc(Cl)c(O[C@H]3CCCCC[C@@H]3c3ccnn3C)cc2F)c(OC)c1. The van der Waals surface area contributed by atoms with Crippen LogP contribution >= 0.6 is 11.6 Å². The predicted octanol–water partition coefficient (Wildman–Crippen LogP) is 5.91. The Bertz CT molecular complexity index is 1670. The molecule has 2 aromatic heterocycles. The van der Waals surface area contributed by atoms with Crippen LogP contribution in [0, 0.1) is 5.82 Å². The highest BCUT2D eigenvalue weighted by Gasteiger charge is 2.33. The van der Waals surface area contributed by atoms with E-state index in [-0.39, 0.29) is 35.2 Å². The molecule has 1 saturated carbocycles. The van der Waals surface area contributed by atoms with Crippen molar-refractivity contribution in [1.29, 1.82) is 0 Å². The first kappa shape index (κ1) is 30.6. The lowest BCUT2D eigenvalue weighted by Crippen LogP contribution is -2.32. The molecule has 0 aliphatic heterocycles. The zero-order valence-corrected chi connectivity index (χ0v) is 25.7. The number of hydrogen-bond acceptors (Lipinski definition) is 8. The molecule has 1 aliphatic carbocycles. The van der Waals surface area contributed by atoms with E-state index in [1.54, 1.807) is 24.4 Å². The van der Waals surface area contributed by atoms with Gasteiger partial charge in [0, 0.05) is 54.8 Å². The molecule has 0 bridgehead atoms. The molecule has 0 radical (unpaired) electrons. The highest BCUT2D eigenvalue weighted by atomic mass is 35.5. The number of aromatic nitrogens is 4. The molecule has 2 atom stereocenters. The maximum Gasteiger partial charge on any atom is 0.268 e. The van der Waals surface area contributed by atoms with E-state index >= 15 is 4.39 Å². The number of sulfonamides is 1. The summed E-state index contributed by atoms with van der Waals surface area (Å²) >= 11 is 6.61. The lowest BCUT2D eigenvalue weighted by atomic mass is 9.93. The summed E-state index contributed by atoms with van der Waals surface area (Å²) in [7, 11) is 0.340. The molecule has 5 rings (SSSR count). The lowest BCUT2D eigenvalue weighted by Gasteiger charge is -2.27. The van der Waals surface area contributed by atoms with Crippen LogP contribution in [0.2, 0.25) is 5.02 Å². The molecule has 2 aromatic carbocycles. The van der Waals surface area contributed by atoms with Crippen molar-refractivity contribution < 1.29 is 27.0 Å². The molecule has 1 aliphatic rings. The van der Waals surface area contributed by atoms with Crippen LogP contribution in [0.15, 0.2) is 66.1 Å². The molecule has 228 valence electrons. The molecular weight excluding hydrogens is 597 g/mol. The minimum Gasteiger partial charge on any atom is -0.497 e. The Kier molecular flexibility index (Phi) is 9.36. The van der Waals surface area contributed by atoms with Gasteiger partial charge in [0.1, 0.15) is 46.2 Å². The van der Waals surface area contributed by atoms with Crippen molar-refractivity contribution in [2.45, 2.75) is 55.6 Å². The van der Waals surface area contributed by atoms with Crippen LogP contribution in [-0.4, -0.2) is 48.5 Å². The van der Waals surface area contributed by atoms with Crippen LogP contribution in [-0.2, 0) is 23.6 Å². The molecule has 4 aromatic rings. The maximum absolute atomic E-state index is 15.8. The number of anilines is 1. The minimum absolute atomic E-state index is 0.0161. The van der Waals surface area contributed by atoms with E-state index in [0.29, 0.717) is 17.1 Å². The van der Waals surface area contributed by atoms with Crippen LogP contribution in [0.4, 0.5) is 10.2 Å².